The van der Waals surface area contributed by atoms with Crippen molar-refractivity contribution in [3.05, 3.63) is 69.8 Å². The first-order valence-corrected chi connectivity index (χ1v) is 10.3. The van der Waals surface area contributed by atoms with Crippen molar-refractivity contribution in [2.45, 2.75) is 52.6 Å². The normalized spacial score (nSPS) is 12.0. The third-order valence-electron chi connectivity index (χ3n) is 5.08. The third-order valence-corrected chi connectivity index (χ3v) is 5.08. The molecule has 1 aromatic heterocycles. The molecule has 1 atom stereocenters. The zero-order valence-corrected chi connectivity index (χ0v) is 18.2. The summed E-state index contributed by atoms with van der Waals surface area (Å²) in [6.45, 7) is 7.57. The van der Waals surface area contributed by atoms with Crippen LogP contribution in [-0.2, 0) is 20.7 Å². The molecule has 3 aromatic rings. The van der Waals surface area contributed by atoms with E-state index in [1.54, 1.807) is 24.3 Å². The first kappa shape index (κ1) is 22.2. The summed E-state index contributed by atoms with van der Waals surface area (Å²) in [7, 11) is 0. The predicted molar refractivity (Wildman–Crippen MR) is 120 cm³/mol. The SMILES string of the molecule is Cc1cccc(C(C)C)c1NC(=O)[C@@H](C)OC(=O)CCc1nc2ccccc2c(=O)[nH]1. The molecule has 0 bridgehead atoms. The summed E-state index contributed by atoms with van der Waals surface area (Å²) >= 11 is 0. The third kappa shape index (κ3) is 5.36. The van der Waals surface area contributed by atoms with Gasteiger partial charge in [0.05, 0.1) is 17.3 Å². The minimum absolute atomic E-state index is 0.000505. The first-order valence-electron chi connectivity index (χ1n) is 10.3. The zero-order chi connectivity index (χ0) is 22.5. The molecule has 0 saturated carbocycles. The van der Waals surface area contributed by atoms with Gasteiger partial charge in [0.2, 0.25) is 0 Å². The maximum absolute atomic E-state index is 12.6. The van der Waals surface area contributed by atoms with Gasteiger partial charge in [-0.1, -0.05) is 44.2 Å². The number of para-hydroxylation sites is 2. The number of aromatic amines is 1. The number of aromatic nitrogens is 2. The van der Waals surface area contributed by atoms with E-state index in [2.05, 4.69) is 29.1 Å². The molecule has 0 aliphatic carbocycles. The van der Waals surface area contributed by atoms with Gasteiger partial charge in [-0.15, -0.1) is 0 Å². The largest absolute Gasteiger partial charge is 0.453 e. The lowest BCUT2D eigenvalue weighted by Crippen LogP contribution is -2.30. The van der Waals surface area contributed by atoms with Crippen molar-refractivity contribution in [3.8, 4) is 0 Å². The van der Waals surface area contributed by atoms with Crippen LogP contribution < -0.4 is 10.9 Å². The van der Waals surface area contributed by atoms with Crippen molar-refractivity contribution in [2.24, 2.45) is 0 Å². The molecule has 2 N–H and O–H groups in total. The summed E-state index contributed by atoms with van der Waals surface area (Å²) < 4.78 is 5.29. The average molecular weight is 421 g/mol. The van der Waals surface area contributed by atoms with E-state index < -0.39 is 12.1 Å². The minimum Gasteiger partial charge on any atom is -0.453 e. The van der Waals surface area contributed by atoms with Crippen LogP contribution in [0.3, 0.4) is 0 Å². The van der Waals surface area contributed by atoms with E-state index in [-0.39, 0.29) is 30.2 Å². The second kappa shape index (κ2) is 9.55. The number of anilines is 1. The molecule has 3 rings (SSSR count). The molecular formula is C24H27N3O4. The lowest BCUT2D eigenvalue weighted by atomic mass is 9.98. The quantitative estimate of drug-likeness (QED) is 0.564. The predicted octanol–water partition coefficient (Wildman–Crippen LogP) is 3.86. The number of carbonyl (C=O) groups excluding carboxylic acids is 2. The Kier molecular flexibility index (Phi) is 6.84. The topological polar surface area (TPSA) is 101 Å². The number of H-pyrrole nitrogens is 1. The van der Waals surface area contributed by atoms with Crippen LogP contribution in [0.4, 0.5) is 5.69 Å². The van der Waals surface area contributed by atoms with Gasteiger partial charge in [-0.25, -0.2) is 4.98 Å². The highest BCUT2D eigenvalue weighted by Gasteiger charge is 2.20. The Morgan fingerprint density at radius 3 is 2.58 bits per heavy atom. The zero-order valence-electron chi connectivity index (χ0n) is 18.2. The summed E-state index contributed by atoms with van der Waals surface area (Å²) in [6.07, 6.45) is -0.737. The number of fused-ring (bicyclic) bond motifs is 1. The van der Waals surface area contributed by atoms with Gasteiger partial charge >= 0.3 is 5.97 Å². The van der Waals surface area contributed by atoms with Gasteiger partial charge < -0.3 is 15.0 Å². The van der Waals surface area contributed by atoms with Gasteiger partial charge in [0, 0.05) is 12.1 Å². The number of hydrogen-bond acceptors (Lipinski definition) is 5. The highest BCUT2D eigenvalue weighted by molar-refractivity contribution is 5.96. The number of amides is 1. The Hall–Kier alpha value is -3.48. The van der Waals surface area contributed by atoms with Gasteiger partial charge in [-0.3, -0.25) is 14.4 Å². The van der Waals surface area contributed by atoms with Crippen LogP contribution in [0, 0.1) is 6.92 Å². The van der Waals surface area contributed by atoms with Crippen LogP contribution in [0.1, 0.15) is 50.1 Å². The van der Waals surface area contributed by atoms with Gasteiger partial charge in [-0.05, 0) is 43.0 Å². The van der Waals surface area contributed by atoms with E-state index >= 15 is 0 Å². The first-order chi connectivity index (χ1) is 14.8. The van der Waals surface area contributed by atoms with Crippen LogP contribution in [0.15, 0.2) is 47.3 Å². The number of nitrogens with one attached hydrogen (secondary N) is 2. The Morgan fingerprint density at radius 1 is 1.10 bits per heavy atom. The van der Waals surface area contributed by atoms with Crippen LogP contribution in [0.25, 0.3) is 10.9 Å². The van der Waals surface area contributed by atoms with Crippen molar-refractivity contribution in [1.82, 2.24) is 9.97 Å². The highest BCUT2D eigenvalue weighted by Crippen LogP contribution is 2.27. The molecule has 2 aromatic carbocycles. The number of ether oxygens (including phenoxy) is 1. The summed E-state index contributed by atoms with van der Waals surface area (Å²) in [4.78, 5) is 44.0. The van der Waals surface area contributed by atoms with Crippen molar-refractivity contribution in [1.29, 1.82) is 0 Å². The second-order valence-electron chi connectivity index (χ2n) is 7.84. The van der Waals surface area contributed by atoms with Crippen molar-refractivity contribution >= 4 is 28.5 Å². The summed E-state index contributed by atoms with van der Waals surface area (Å²) in [5.41, 5.74) is 3.05. The van der Waals surface area contributed by atoms with Gasteiger partial charge in [0.15, 0.2) is 6.10 Å². The fraction of sp³-hybridized carbons (Fsp3) is 0.333. The van der Waals surface area contributed by atoms with E-state index in [0.717, 1.165) is 16.8 Å². The number of hydrogen-bond donors (Lipinski definition) is 2. The van der Waals surface area contributed by atoms with E-state index in [1.807, 2.05) is 25.1 Å². The molecule has 0 spiro atoms. The number of aryl methyl sites for hydroxylation is 2. The lowest BCUT2D eigenvalue weighted by molar-refractivity contribution is -0.153. The maximum atomic E-state index is 12.6. The van der Waals surface area contributed by atoms with Gasteiger partial charge in [0.25, 0.3) is 11.5 Å². The molecule has 1 amide bonds. The van der Waals surface area contributed by atoms with E-state index in [0.29, 0.717) is 16.7 Å². The van der Waals surface area contributed by atoms with Crippen molar-refractivity contribution < 1.29 is 14.3 Å². The number of esters is 1. The number of carbonyl (C=O) groups is 2. The molecule has 0 aliphatic heterocycles. The molecule has 1 heterocycles. The number of benzene rings is 2. The van der Waals surface area contributed by atoms with E-state index in [1.165, 1.54) is 6.92 Å². The average Bonchev–Trinajstić information content (AvgIpc) is 2.73. The molecule has 0 unspecified atom stereocenters. The van der Waals surface area contributed by atoms with Gasteiger partial charge in [0.1, 0.15) is 5.82 Å². The minimum atomic E-state index is -0.948. The Labute approximate surface area is 180 Å². The highest BCUT2D eigenvalue weighted by atomic mass is 16.5. The number of nitrogens with zero attached hydrogens (tertiary/aromatic N) is 1. The molecule has 0 fully saturated rings. The van der Waals surface area contributed by atoms with Crippen LogP contribution in [0.2, 0.25) is 0 Å². The van der Waals surface area contributed by atoms with Crippen molar-refractivity contribution in [3.63, 3.8) is 0 Å². The summed E-state index contributed by atoms with van der Waals surface area (Å²) in [6, 6.07) is 12.9. The smallest absolute Gasteiger partial charge is 0.307 e. The molecule has 7 heteroatoms. The number of rotatable bonds is 7. The van der Waals surface area contributed by atoms with Crippen LogP contribution in [-0.4, -0.2) is 27.9 Å². The molecule has 0 saturated heterocycles. The second-order valence-corrected chi connectivity index (χ2v) is 7.84. The molecule has 7 nitrogen and oxygen atoms in total. The van der Waals surface area contributed by atoms with Gasteiger partial charge in [-0.2, -0.15) is 0 Å². The summed E-state index contributed by atoms with van der Waals surface area (Å²) in [5.74, 6) is -0.280. The molecule has 0 radical (unpaired) electrons. The van der Waals surface area contributed by atoms with Crippen LogP contribution in [0.5, 0.6) is 0 Å². The van der Waals surface area contributed by atoms with Crippen LogP contribution >= 0.6 is 0 Å². The molecular weight excluding hydrogens is 394 g/mol. The summed E-state index contributed by atoms with van der Waals surface area (Å²) in [5, 5.41) is 3.39. The molecule has 0 aliphatic rings. The fourth-order valence-electron chi connectivity index (χ4n) is 3.35. The lowest BCUT2D eigenvalue weighted by Gasteiger charge is -2.19. The molecule has 162 valence electrons. The Bertz CT molecular complexity index is 1170. The Morgan fingerprint density at radius 2 is 1.84 bits per heavy atom. The fourth-order valence-corrected chi connectivity index (χ4v) is 3.35. The molecule has 31 heavy (non-hydrogen) atoms. The Balaban J connectivity index is 1.60. The van der Waals surface area contributed by atoms with E-state index in [9.17, 15) is 14.4 Å². The van der Waals surface area contributed by atoms with E-state index in [4.69, 9.17) is 4.74 Å². The standard InChI is InChI=1S/C24H27N3O4/c1-14(2)17-10-7-8-15(3)22(17)27-23(29)16(4)31-21(28)13-12-20-25-19-11-6-5-9-18(19)24(30)26-20/h5-11,14,16H,12-13H2,1-4H3,(H,27,29)(H,25,26,30)/t16-/m1/s1. The van der Waals surface area contributed by atoms with Crippen molar-refractivity contribution in [2.75, 3.05) is 5.32 Å². The monoisotopic (exact) mass is 421 g/mol. The maximum Gasteiger partial charge on any atom is 0.307 e.